The molecule has 1 aliphatic rings. The normalized spacial score (nSPS) is 21.2. The van der Waals surface area contributed by atoms with Gasteiger partial charge in [-0.1, -0.05) is 12.2 Å². The fraction of sp³-hybridized carbons (Fsp3) is 0.800. The van der Waals surface area contributed by atoms with Crippen molar-refractivity contribution in [1.82, 2.24) is 4.90 Å². The second kappa shape index (κ2) is 6.12. The van der Waals surface area contributed by atoms with Gasteiger partial charge in [0.2, 0.25) is 5.91 Å². The number of ether oxygens (including phenoxy) is 2. The van der Waals surface area contributed by atoms with Crippen LogP contribution in [-0.2, 0) is 14.3 Å². The molecule has 16 heavy (non-hydrogen) atoms. The number of carbonyl (C=O) groups is 1. The number of morpholine rings is 1. The minimum Gasteiger partial charge on any atom is -0.391 e. The summed E-state index contributed by atoms with van der Waals surface area (Å²) in [5.41, 5.74) is 5.49. The predicted molar refractivity (Wildman–Crippen MR) is 64.2 cm³/mol. The molecule has 5 nitrogen and oxygen atoms in total. The summed E-state index contributed by atoms with van der Waals surface area (Å²) in [6.07, 6.45) is -0.275. The molecule has 0 bridgehead atoms. The molecule has 1 amide bonds. The lowest BCUT2D eigenvalue weighted by molar-refractivity contribution is -0.142. The van der Waals surface area contributed by atoms with E-state index < -0.39 is 0 Å². The average Bonchev–Trinajstić information content (AvgIpc) is 2.26. The van der Waals surface area contributed by atoms with Gasteiger partial charge in [0.05, 0.1) is 19.3 Å². The van der Waals surface area contributed by atoms with E-state index in [-0.39, 0.29) is 24.7 Å². The Kier molecular flexibility index (Phi) is 5.11. The lowest BCUT2D eigenvalue weighted by Crippen LogP contribution is -2.50. The van der Waals surface area contributed by atoms with Crippen molar-refractivity contribution < 1.29 is 14.3 Å². The maximum atomic E-state index is 11.7. The van der Waals surface area contributed by atoms with Crippen LogP contribution in [0.1, 0.15) is 13.8 Å². The number of hydrogen-bond donors (Lipinski definition) is 1. The second-order valence-corrected chi connectivity index (χ2v) is 4.43. The van der Waals surface area contributed by atoms with Gasteiger partial charge >= 0.3 is 0 Å². The highest BCUT2D eigenvalue weighted by molar-refractivity contribution is 7.80. The minimum atomic E-state index is -0.327. The van der Waals surface area contributed by atoms with Crippen molar-refractivity contribution >= 4 is 23.1 Å². The van der Waals surface area contributed by atoms with E-state index in [1.165, 1.54) is 0 Å². The van der Waals surface area contributed by atoms with Gasteiger partial charge in [0.1, 0.15) is 17.7 Å². The number of thiocarbonyl (C=S) groups is 1. The van der Waals surface area contributed by atoms with Crippen molar-refractivity contribution in [1.29, 1.82) is 0 Å². The van der Waals surface area contributed by atoms with Gasteiger partial charge < -0.3 is 20.1 Å². The van der Waals surface area contributed by atoms with Gasteiger partial charge in [0, 0.05) is 6.54 Å². The number of hydrogen-bond acceptors (Lipinski definition) is 4. The van der Waals surface area contributed by atoms with Gasteiger partial charge in [-0.2, -0.15) is 0 Å². The van der Waals surface area contributed by atoms with Gasteiger partial charge in [-0.05, 0) is 13.8 Å². The highest BCUT2D eigenvalue weighted by Crippen LogP contribution is 2.06. The summed E-state index contributed by atoms with van der Waals surface area (Å²) in [5, 5.41) is 0. The monoisotopic (exact) mass is 246 g/mol. The number of amides is 1. The van der Waals surface area contributed by atoms with E-state index in [9.17, 15) is 4.79 Å². The van der Waals surface area contributed by atoms with Gasteiger partial charge in [-0.15, -0.1) is 0 Å². The van der Waals surface area contributed by atoms with E-state index in [1.807, 2.05) is 13.8 Å². The molecule has 0 saturated carbocycles. The summed E-state index contributed by atoms with van der Waals surface area (Å²) in [6.45, 7) is 5.35. The molecule has 1 unspecified atom stereocenters. The van der Waals surface area contributed by atoms with Gasteiger partial charge in [-0.25, -0.2) is 0 Å². The molecule has 1 fully saturated rings. The Balaban J connectivity index is 2.41. The first kappa shape index (κ1) is 13.3. The Morgan fingerprint density at radius 3 is 2.94 bits per heavy atom. The predicted octanol–water partition coefficient (Wildman–Crippen LogP) is -0.0751. The summed E-state index contributed by atoms with van der Waals surface area (Å²) in [6, 6.07) is 0. The zero-order valence-corrected chi connectivity index (χ0v) is 10.5. The molecule has 0 aliphatic carbocycles. The zero-order chi connectivity index (χ0) is 12.1. The third-order valence-corrected chi connectivity index (χ3v) is 2.54. The van der Waals surface area contributed by atoms with Crippen molar-refractivity contribution in [3.8, 4) is 0 Å². The largest absolute Gasteiger partial charge is 0.391 e. The Hall–Kier alpha value is -0.720. The first-order valence-corrected chi connectivity index (χ1v) is 5.72. The van der Waals surface area contributed by atoms with Gasteiger partial charge in [0.15, 0.2) is 0 Å². The van der Waals surface area contributed by atoms with E-state index in [0.717, 1.165) is 0 Å². The lowest BCUT2D eigenvalue weighted by Gasteiger charge is -2.32. The molecule has 1 aliphatic heterocycles. The number of rotatable bonds is 4. The summed E-state index contributed by atoms with van der Waals surface area (Å²) in [4.78, 5) is 13.7. The van der Waals surface area contributed by atoms with E-state index >= 15 is 0 Å². The summed E-state index contributed by atoms with van der Waals surface area (Å²) >= 11 is 4.84. The molecule has 0 radical (unpaired) electrons. The van der Waals surface area contributed by atoms with Crippen molar-refractivity contribution in [3.05, 3.63) is 0 Å². The van der Waals surface area contributed by atoms with E-state index in [0.29, 0.717) is 24.7 Å². The highest BCUT2D eigenvalue weighted by atomic mass is 32.1. The smallest absolute Gasteiger partial charge is 0.248 e. The van der Waals surface area contributed by atoms with Crippen LogP contribution in [0.4, 0.5) is 0 Å². The molecule has 0 spiro atoms. The van der Waals surface area contributed by atoms with Crippen molar-refractivity contribution in [2.45, 2.75) is 26.1 Å². The molecule has 0 aromatic carbocycles. The SMILES string of the molecule is CC(C)OCC(=O)N1CCOC(C(N)=S)C1. The fourth-order valence-electron chi connectivity index (χ4n) is 1.38. The lowest BCUT2D eigenvalue weighted by atomic mass is 10.2. The number of carbonyl (C=O) groups excluding carboxylic acids is 1. The molecule has 1 saturated heterocycles. The zero-order valence-electron chi connectivity index (χ0n) is 9.64. The quantitative estimate of drug-likeness (QED) is 0.703. The summed E-state index contributed by atoms with van der Waals surface area (Å²) < 4.78 is 10.6. The molecule has 1 atom stereocenters. The van der Waals surface area contributed by atoms with Crippen LogP contribution < -0.4 is 5.73 Å². The van der Waals surface area contributed by atoms with Gasteiger partial charge in [0.25, 0.3) is 0 Å². The Bertz CT molecular complexity index is 271. The number of nitrogens with zero attached hydrogens (tertiary/aromatic N) is 1. The van der Waals surface area contributed by atoms with Crippen LogP contribution in [0.3, 0.4) is 0 Å². The second-order valence-electron chi connectivity index (χ2n) is 3.96. The summed E-state index contributed by atoms with van der Waals surface area (Å²) in [7, 11) is 0. The maximum Gasteiger partial charge on any atom is 0.248 e. The van der Waals surface area contributed by atoms with E-state index in [1.54, 1.807) is 4.90 Å². The van der Waals surface area contributed by atoms with Crippen molar-refractivity contribution in [2.75, 3.05) is 26.3 Å². The molecule has 1 heterocycles. The summed E-state index contributed by atoms with van der Waals surface area (Å²) in [5.74, 6) is -0.0433. The molecular formula is C10H18N2O3S. The van der Waals surface area contributed by atoms with Crippen LogP contribution in [0.25, 0.3) is 0 Å². The first-order valence-electron chi connectivity index (χ1n) is 5.31. The van der Waals surface area contributed by atoms with Gasteiger partial charge in [-0.3, -0.25) is 4.79 Å². The molecule has 1 rings (SSSR count). The van der Waals surface area contributed by atoms with Crippen LogP contribution in [0.2, 0.25) is 0 Å². The minimum absolute atomic E-state index is 0.0433. The topological polar surface area (TPSA) is 64.8 Å². The van der Waals surface area contributed by atoms with Crippen LogP contribution >= 0.6 is 12.2 Å². The molecule has 92 valence electrons. The Morgan fingerprint density at radius 2 is 2.38 bits per heavy atom. The number of nitrogens with two attached hydrogens (primary N) is 1. The van der Waals surface area contributed by atoms with Crippen molar-refractivity contribution in [2.24, 2.45) is 5.73 Å². The standard InChI is InChI=1S/C10H18N2O3S/c1-7(2)15-6-9(13)12-3-4-14-8(5-12)10(11)16/h7-8H,3-6H2,1-2H3,(H2,11,16). The Morgan fingerprint density at radius 1 is 1.69 bits per heavy atom. The molecule has 0 aromatic heterocycles. The van der Waals surface area contributed by atoms with E-state index in [2.05, 4.69) is 0 Å². The van der Waals surface area contributed by atoms with E-state index in [4.69, 9.17) is 27.4 Å². The molecular weight excluding hydrogens is 228 g/mol. The van der Waals surface area contributed by atoms with Crippen LogP contribution in [-0.4, -0.2) is 54.3 Å². The fourth-order valence-corrected chi connectivity index (χ4v) is 1.52. The molecule has 2 N–H and O–H groups in total. The molecule has 0 aromatic rings. The first-order chi connectivity index (χ1) is 7.50. The van der Waals surface area contributed by atoms with Crippen molar-refractivity contribution in [3.63, 3.8) is 0 Å². The van der Waals surface area contributed by atoms with Crippen LogP contribution in [0, 0.1) is 0 Å². The highest BCUT2D eigenvalue weighted by Gasteiger charge is 2.25. The van der Waals surface area contributed by atoms with Crippen LogP contribution in [0.5, 0.6) is 0 Å². The average molecular weight is 246 g/mol. The third-order valence-electron chi connectivity index (χ3n) is 2.28. The van der Waals surface area contributed by atoms with Crippen LogP contribution in [0.15, 0.2) is 0 Å². The Labute approximate surface area is 101 Å². The maximum absolute atomic E-state index is 11.7. The third kappa shape index (κ3) is 4.03. The molecule has 6 heteroatoms.